The van der Waals surface area contributed by atoms with Gasteiger partial charge in [-0.15, -0.1) is 10.2 Å². The van der Waals surface area contributed by atoms with Gasteiger partial charge >= 0.3 is 5.91 Å². The minimum atomic E-state index is -1.10. The molecule has 1 atom stereocenters. The quantitative estimate of drug-likeness (QED) is 0.0639. The monoisotopic (exact) mass is 647 g/mol. The fraction of sp³-hybridized carbons (Fsp3) is 0.194. The number of thioether (sulfide) groups is 1. The molecule has 0 spiro atoms. The molecule has 6 rings (SSSR count). The number of aromatic hydroxyl groups is 1. The van der Waals surface area contributed by atoms with Crippen LogP contribution in [0.2, 0.25) is 5.02 Å². The predicted molar refractivity (Wildman–Crippen MR) is 170 cm³/mol. The maximum Gasteiger partial charge on any atom is 0.301 e. The number of hydrogen-bond donors (Lipinski definition) is 2. The van der Waals surface area contributed by atoms with Crippen molar-refractivity contribution in [3.63, 3.8) is 0 Å². The molecule has 44 heavy (non-hydrogen) atoms. The van der Waals surface area contributed by atoms with E-state index in [0.717, 1.165) is 22.5 Å². The van der Waals surface area contributed by atoms with Gasteiger partial charge in [-0.1, -0.05) is 59.0 Å². The SMILES string of the molecule is CCOc1cc(C2/C(=C(\O)c3nc4c(C)cccn4c3C)C(=O)C(=O)N2c2nnc(SCc3ccc(Cl)cc3)s2)ccc1O. The number of fused-ring (bicyclic) bond motifs is 1. The maximum absolute atomic E-state index is 13.7. The van der Waals surface area contributed by atoms with Crippen LogP contribution in [0.3, 0.4) is 0 Å². The molecule has 0 radical (unpaired) electrons. The number of pyridine rings is 1. The fourth-order valence-corrected chi connectivity index (χ4v) is 7.02. The Kier molecular flexibility index (Phi) is 8.06. The summed E-state index contributed by atoms with van der Waals surface area (Å²) < 4.78 is 8.00. The number of amides is 1. The second kappa shape index (κ2) is 11.9. The summed E-state index contributed by atoms with van der Waals surface area (Å²) in [5, 5.41) is 31.5. The molecule has 0 saturated carbocycles. The Morgan fingerprint density at radius 1 is 1.11 bits per heavy atom. The number of aryl methyl sites for hydroxylation is 2. The lowest BCUT2D eigenvalue weighted by Crippen LogP contribution is -2.29. The van der Waals surface area contributed by atoms with E-state index >= 15 is 0 Å². The summed E-state index contributed by atoms with van der Waals surface area (Å²) >= 11 is 8.59. The van der Waals surface area contributed by atoms with Crippen molar-refractivity contribution in [3.05, 3.63) is 99.5 Å². The van der Waals surface area contributed by atoms with Crippen LogP contribution in [0.25, 0.3) is 11.4 Å². The van der Waals surface area contributed by atoms with Crippen molar-refractivity contribution in [1.82, 2.24) is 19.6 Å². The van der Waals surface area contributed by atoms with Crippen molar-refractivity contribution >= 4 is 62.9 Å². The van der Waals surface area contributed by atoms with Crippen molar-refractivity contribution < 1.29 is 24.5 Å². The van der Waals surface area contributed by atoms with Gasteiger partial charge in [-0.2, -0.15) is 0 Å². The molecule has 4 heterocycles. The van der Waals surface area contributed by atoms with E-state index in [0.29, 0.717) is 32.0 Å². The third kappa shape index (κ3) is 5.29. The maximum atomic E-state index is 13.7. The van der Waals surface area contributed by atoms with Gasteiger partial charge < -0.3 is 19.4 Å². The second-order valence-corrected chi connectivity index (χ2v) is 12.6. The highest BCUT2D eigenvalue weighted by atomic mass is 35.5. The van der Waals surface area contributed by atoms with Crippen molar-refractivity contribution in [2.75, 3.05) is 11.5 Å². The van der Waals surface area contributed by atoms with Crippen LogP contribution in [0.4, 0.5) is 5.13 Å². The highest BCUT2D eigenvalue weighted by molar-refractivity contribution is 8.00. The van der Waals surface area contributed by atoms with Gasteiger partial charge in [0.2, 0.25) is 5.13 Å². The number of halogens is 1. The van der Waals surface area contributed by atoms with Gasteiger partial charge in [-0.25, -0.2) is 4.98 Å². The van der Waals surface area contributed by atoms with E-state index in [-0.39, 0.29) is 34.5 Å². The van der Waals surface area contributed by atoms with E-state index in [1.807, 2.05) is 53.9 Å². The Labute approximate surface area is 265 Å². The van der Waals surface area contributed by atoms with E-state index in [1.165, 1.54) is 22.7 Å². The molecule has 3 aromatic heterocycles. The van der Waals surface area contributed by atoms with Crippen molar-refractivity contribution in [3.8, 4) is 11.5 Å². The first kappa shape index (κ1) is 29.7. The number of carbonyl (C=O) groups is 2. The van der Waals surface area contributed by atoms with Crippen LogP contribution >= 0.6 is 34.7 Å². The highest BCUT2D eigenvalue weighted by Gasteiger charge is 2.49. The van der Waals surface area contributed by atoms with Gasteiger partial charge in [-0.05, 0) is 67.8 Å². The lowest BCUT2D eigenvalue weighted by molar-refractivity contribution is -0.132. The van der Waals surface area contributed by atoms with Gasteiger partial charge in [0, 0.05) is 17.0 Å². The summed E-state index contributed by atoms with van der Waals surface area (Å²) in [5.74, 6) is -1.51. The third-order valence-electron chi connectivity index (χ3n) is 7.23. The van der Waals surface area contributed by atoms with Crippen molar-refractivity contribution in [2.24, 2.45) is 0 Å². The van der Waals surface area contributed by atoms with Gasteiger partial charge in [0.1, 0.15) is 11.3 Å². The Morgan fingerprint density at radius 3 is 2.61 bits per heavy atom. The first-order chi connectivity index (χ1) is 21.2. The fourth-order valence-electron chi connectivity index (χ4n) is 5.08. The number of phenols is 1. The normalized spacial score (nSPS) is 16.3. The number of imidazole rings is 1. The molecule has 2 N–H and O–H groups in total. The Hall–Kier alpha value is -4.39. The average Bonchev–Trinajstić information content (AvgIpc) is 3.69. The molecule has 1 amide bonds. The molecular formula is C31H26ClN5O5S2. The molecule has 0 aliphatic carbocycles. The number of anilines is 1. The lowest BCUT2D eigenvalue weighted by Gasteiger charge is -2.23. The summed E-state index contributed by atoms with van der Waals surface area (Å²) in [4.78, 5) is 33.3. The topological polar surface area (TPSA) is 130 Å². The number of rotatable bonds is 8. The zero-order chi connectivity index (χ0) is 31.1. The van der Waals surface area contributed by atoms with Crippen molar-refractivity contribution in [2.45, 2.75) is 36.9 Å². The van der Waals surface area contributed by atoms with Crippen molar-refractivity contribution in [1.29, 1.82) is 0 Å². The minimum absolute atomic E-state index is 0.101. The number of ether oxygens (including phenoxy) is 1. The molecule has 5 aromatic rings. The zero-order valence-electron chi connectivity index (χ0n) is 23.8. The number of benzene rings is 2. The summed E-state index contributed by atoms with van der Waals surface area (Å²) in [7, 11) is 0. The zero-order valence-corrected chi connectivity index (χ0v) is 26.2. The number of ketones is 1. The van der Waals surface area contributed by atoms with E-state index in [9.17, 15) is 19.8 Å². The summed E-state index contributed by atoms with van der Waals surface area (Å²) in [6.45, 7) is 5.73. The van der Waals surface area contributed by atoms with Gasteiger partial charge in [0.15, 0.2) is 21.6 Å². The predicted octanol–water partition coefficient (Wildman–Crippen LogP) is 6.48. The molecule has 1 saturated heterocycles. The number of aliphatic hydroxyl groups is 1. The number of nitrogens with zero attached hydrogens (tertiary/aromatic N) is 5. The van der Waals surface area contributed by atoms with Crippen LogP contribution in [0.1, 0.15) is 41.0 Å². The van der Waals surface area contributed by atoms with E-state index in [2.05, 4.69) is 15.2 Å². The van der Waals surface area contributed by atoms with Crippen LogP contribution < -0.4 is 9.64 Å². The van der Waals surface area contributed by atoms with Crippen LogP contribution in [0, 0.1) is 13.8 Å². The molecule has 10 nitrogen and oxygen atoms in total. The summed E-state index contributed by atoms with van der Waals surface area (Å²) in [5.41, 5.74) is 3.58. The molecule has 1 aliphatic heterocycles. The number of aromatic nitrogens is 4. The van der Waals surface area contributed by atoms with E-state index in [1.54, 1.807) is 26.0 Å². The molecular weight excluding hydrogens is 622 g/mol. The first-order valence-corrected chi connectivity index (χ1v) is 15.8. The number of carbonyl (C=O) groups excluding carboxylic acids is 2. The molecule has 2 aromatic carbocycles. The van der Waals surface area contributed by atoms with Gasteiger partial charge in [0.05, 0.1) is 23.9 Å². The molecule has 224 valence electrons. The largest absolute Gasteiger partial charge is 0.505 e. The van der Waals surface area contributed by atoms with Gasteiger partial charge in [-0.3, -0.25) is 14.5 Å². The smallest absolute Gasteiger partial charge is 0.301 e. The Bertz CT molecular complexity index is 1950. The highest BCUT2D eigenvalue weighted by Crippen LogP contribution is 2.45. The third-order valence-corrected chi connectivity index (χ3v) is 9.61. The number of phenolic OH excluding ortho intramolecular Hbond substituents is 1. The minimum Gasteiger partial charge on any atom is -0.505 e. The van der Waals surface area contributed by atoms with Crippen LogP contribution in [-0.2, 0) is 15.3 Å². The molecule has 1 aliphatic rings. The first-order valence-electron chi connectivity index (χ1n) is 13.6. The lowest BCUT2D eigenvalue weighted by atomic mass is 9.96. The summed E-state index contributed by atoms with van der Waals surface area (Å²) in [6, 6.07) is 14.7. The molecule has 13 heteroatoms. The molecule has 1 unspecified atom stereocenters. The summed E-state index contributed by atoms with van der Waals surface area (Å²) in [6.07, 6.45) is 1.82. The van der Waals surface area contributed by atoms with Crippen LogP contribution in [-0.4, -0.2) is 48.1 Å². The number of hydrogen-bond acceptors (Lipinski definition) is 10. The van der Waals surface area contributed by atoms with E-state index in [4.69, 9.17) is 16.3 Å². The standard InChI is InChI=1S/C31H26ClN5O5S2/c1-4-42-22-14-19(9-12-21(22)38)25-23(26(39)24-17(3)36-13-5-6-16(2)28(36)33-24)27(40)29(41)37(25)30-34-35-31(44-30)43-15-18-7-10-20(32)11-8-18/h5-14,25,38-39H,4,15H2,1-3H3/b26-23+. The van der Waals surface area contributed by atoms with Crippen LogP contribution in [0.15, 0.2) is 70.7 Å². The molecule has 1 fully saturated rings. The molecule has 0 bridgehead atoms. The average molecular weight is 648 g/mol. The second-order valence-electron chi connectivity index (χ2n) is 10.0. The number of aliphatic hydroxyl groups excluding tert-OH is 1. The number of Topliss-reactive ketones (excluding diaryl/α,β-unsaturated/α-hetero) is 1. The van der Waals surface area contributed by atoms with Gasteiger partial charge in [0.25, 0.3) is 5.78 Å². The Balaban J connectivity index is 1.46. The Morgan fingerprint density at radius 2 is 1.89 bits per heavy atom. The van der Waals surface area contributed by atoms with Crippen LogP contribution in [0.5, 0.6) is 11.5 Å². The van der Waals surface area contributed by atoms with E-state index < -0.39 is 23.5 Å².